The molecule has 25 heavy (non-hydrogen) atoms. The van der Waals surface area contributed by atoms with Crippen LogP contribution in [0.3, 0.4) is 0 Å². The van der Waals surface area contributed by atoms with Crippen LogP contribution >= 0.6 is 0 Å². The normalized spacial score (nSPS) is 16.8. The summed E-state index contributed by atoms with van der Waals surface area (Å²) in [5.74, 6) is -0.699. The van der Waals surface area contributed by atoms with Gasteiger partial charge in [-0.25, -0.2) is 0 Å². The SMILES string of the molecule is O=C(NCC1NCCc2ccccc21)c1ccc(OC(F)(F)F)cc1. The monoisotopic (exact) mass is 350 g/mol. The summed E-state index contributed by atoms with van der Waals surface area (Å²) in [5.41, 5.74) is 2.69. The van der Waals surface area contributed by atoms with Crippen LogP contribution in [0.2, 0.25) is 0 Å². The summed E-state index contributed by atoms with van der Waals surface area (Å²) in [6.07, 6.45) is -3.80. The zero-order valence-corrected chi connectivity index (χ0v) is 13.3. The van der Waals surface area contributed by atoms with Gasteiger partial charge in [-0.3, -0.25) is 4.79 Å². The number of benzene rings is 2. The number of hydrogen-bond acceptors (Lipinski definition) is 3. The highest BCUT2D eigenvalue weighted by molar-refractivity contribution is 5.94. The molecule has 4 nitrogen and oxygen atoms in total. The molecule has 1 heterocycles. The van der Waals surface area contributed by atoms with Gasteiger partial charge in [0.2, 0.25) is 0 Å². The summed E-state index contributed by atoms with van der Waals surface area (Å²) >= 11 is 0. The Labute approximate surface area is 143 Å². The van der Waals surface area contributed by atoms with Gasteiger partial charge in [0.05, 0.1) is 0 Å². The topological polar surface area (TPSA) is 50.4 Å². The van der Waals surface area contributed by atoms with Crippen LogP contribution < -0.4 is 15.4 Å². The van der Waals surface area contributed by atoms with Crippen molar-refractivity contribution in [1.82, 2.24) is 10.6 Å². The average Bonchev–Trinajstić information content (AvgIpc) is 2.59. The first-order valence-corrected chi connectivity index (χ1v) is 7.87. The molecule has 1 aliphatic heterocycles. The Balaban J connectivity index is 1.60. The first-order chi connectivity index (χ1) is 11.9. The Morgan fingerprint density at radius 1 is 1.16 bits per heavy atom. The standard InChI is InChI=1S/C18H17F3N2O2/c19-18(20,21)25-14-7-5-13(6-8-14)17(24)23-11-16-15-4-2-1-3-12(15)9-10-22-16/h1-8,16,22H,9-11H2,(H,23,24). The lowest BCUT2D eigenvalue weighted by atomic mass is 9.94. The second-order valence-electron chi connectivity index (χ2n) is 5.74. The zero-order valence-electron chi connectivity index (χ0n) is 13.3. The minimum Gasteiger partial charge on any atom is -0.406 e. The Hall–Kier alpha value is -2.54. The average molecular weight is 350 g/mol. The molecule has 1 atom stereocenters. The van der Waals surface area contributed by atoms with Crippen molar-refractivity contribution in [2.75, 3.05) is 13.1 Å². The van der Waals surface area contributed by atoms with E-state index < -0.39 is 6.36 Å². The Bertz CT molecular complexity index is 745. The summed E-state index contributed by atoms with van der Waals surface area (Å²) < 4.78 is 40.2. The predicted octanol–water partition coefficient (Wildman–Crippen LogP) is 3.20. The maximum atomic E-state index is 12.2. The maximum absolute atomic E-state index is 12.2. The van der Waals surface area contributed by atoms with Crippen LogP contribution in [0, 0.1) is 0 Å². The van der Waals surface area contributed by atoms with Crippen LogP contribution in [0.5, 0.6) is 5.75 Å². The van der Waals surface area contributed by atoms with Crippen molar-refractivity contribution in [3.8, 4) is 5.75 Å². The van der Waals surface area contributed by atoms with Gasteiger partial charge in [-0.2, -0.15) is 0 Å². The molecule has 2 N–H and O–H groups in total. The summed E-state index contributed by atoms with van der Waals surface area (Å²) in [7, 11) is 0. The summed E-state index contributed by atoms with van der Waals surface area (Å²) in [5, 5.41) is 6.17. The Morgan fingerprint density at radius 3 is 2.60 bits per heavy atom. The van der Waals surface area contributed by atoms with E-state index >= 15 is 0 Å². The van der Waals surface area contributed by atoms with Crippen molar-refractivity contribution in [2.24, 2.45) is 0 Å². The number of ether oxygens (including phenoxy) is 1. The molecule has 0 radical (unpaired) electrons. The predicted molar refractivity (Wildman–Crippen MR) is 86.3 cm³/mol. The van der Waals surface area contributed by atoms with E-state index in [1.54, 1.807) is 0 Å². The third-order valence-corrected chi connectivity index (χ3v) is 4.03. The van der Waals surface area contributed by atoms with Gasteiger partial charge in [0, 0.05) is 18.2 Å². The van der Waals surface area contributed by atoms with Crippen LogP contribution in [0.25, 0.3) is 0 Å². The van der Waals surface area contributed by atoms with Gasteiger partial charge in [-0.1, -0.05) is 24.3 Å². The van der Waals surface area contributed by atoms with E-state index in [0.717, 1.165) is 30.7 Å². The van der Waals surface area contributed by atoms with Crippen molar-refractivity contribution < 1.29 is 22.7 Å². The highest BCUT2D eigenvalue weighted by atomic mass is 19.4. The van der Waals surface area contributed by atoms with Gasteiger partial charge >= 0.3 is 6.36 Å². The Morgan fingerprint density at radius 2 is 1.88 bits per heavy atom. The number of fused-ring (bicyclic) bond motifs is 1. The summed E-state index contributed by atoms with van der Waals surface area (Å²) in [4.78, 5) is 12.2. The first kappa shape index (κ1) is 17.3. The van der Waals surface area contributed by atoms with Crippen LogP contribution in [0.4, 0.5) is 13.2 Å². The molecule has 7 heteroatoms. The molecular formula is C18H17F3N2O2. The van der Waals surface area contributed by atoms with Crippen molar-refractivity contribution >= 4 is 5.91 Å². The number of nitrogens with one attached hydrogen (secondary N) is 2. The summed E-state index contributed by atoms with van der Waals surface area (Å²) in [6, 6.07) is 12.9. The highest BCUT2D eigenvalue weighted by Gasteiger charge is 2.31. The zero-order chi connectivity index (χ0) is 17.9. The lowest BCUT2D eigenvalue weighted by Gasteiger charge is -2.27. The van der Waals surface area contributed by atoms with Crippen molar-refractivity contribution in [1.29, 1.82) is 0 Å². The van der Waals surface area contributed by atoms with Crippen LogP contribution in [0.1, 0.15) is 27.5 Å². The van der Waals surface area contributed by atoms with Crippen LogP contribution in [0.15, 0.2) is 48.5 Å². The molecule has 0 spiro atoms. The van der Waals surface area contributed by atoms with E-state index in [4.69, 9.17) is 0 Å². The minimum absolute atomic E-state index is 0.0155. The second-order valence-corrected chi connectivity index (χ2v) is 5.74. The molecule has 0 saturated carbocycles. The quantitative estimate of drug-likeness (QED) is 0.890. The first-order valence-electron chi connectivity index (χ1n) is 7.87. The van der Waals surface area contributed by atoms with Gasteiger partial charge in [0.25, 0.3) is 5.91 Å². The Kier molecular flexibility index (Phi) is 4.94. The number of rotatable bonds is 4. The van der Waals surface area contributed by atoms with E-state index in [1.807, 2.05) is 18.2 Å². The van der Waals surface area contributed by atoms with Crippen LogP contribution in [-0.4, -0.2) is 25.4 Å². The van der Waals surface area contributed by atoms with Crippen molar-refractivity contribution in [2.45, 2.75) is 18.8 Å². The lowest BCUT2D eigenvalue weighted by molar-refractivity contribution is -0.274. The van der Waals surface area contributed by atoms with Gasteiger partial charge in [0.1, 0.15) is 5.75 Å². The fraction of sp³-hybridized carbons (Fsp3) is 0.278. The third kappa shape index (κ3) is 4.51. The molecule has 3 rings (SSSR count). The lowest BCUT2D eigenvalue weighted by Crippen LogP contribution is -2.38. The molecule has 1 amide bonds. The van der Waals surface area contributed by atoms with Crippen molar-refractivity contribution in [3.63, 3.8) is 0 Å². The number of hydrogen-bond donors (Lipinski definition) is 2. The molecule has 1 unspecified atom stereocenters. The largest absolute Gasteiger partial charge is 0.573 e. The molecule has 1 aliphatic rings. The number of carbonyl (C=O) groups excluding carboxylic acids is 1. The molecule has 132 valence electrons. The fourth-order valence-electron chi connectivity index (χ4n) is 2.88. The molecule has 2 aromatic carbocycles. The number of carbonyl (C=O) groups is 1. The van der Waals surface area contributed by atoms with Gasteiger partial charge < -0.3 is 15.4 Å². The van der Waals surface area contributed by atoms with E-state index in [1.165, 1.54) is 17.7 Å². The molecule has 2 aromatic rings. The van der Waals surface area contributed by atoms with Gasteiger partial charge in [-0.15, -0.1) is 13.2 Å². The number of halogens is 3. The maximum Gasteiger partial charge on any atom is 0.573 e. The highest BCUT2D eigenvalue weighted by Crippen LogP contribution is 2.23. The smallest absolute Gasteiger partial charge is 0.406 e. The minimum atomic E-state index is -4.75. The molecule has 0 aromatic heterocycles. The molecule has 0 bridgehead atoms. The molecule has 0 aliphatic carbocycles. The van der Waals surface area contributed by atoms with Crippen molar-refractivity contribution in [3.05, 3.63) is 65.2 Å². The van der Waals surface area contributed by atoms with Gasteiger partial charge in [-0.05, 0) is 48.4 Å². The third-order valence-electron chi connectivity index (χ3n) is 4.03. The van der Waals surface area contributed by atoms with E-state index in [2.05, 4.69) is 21.4 Å². The molecule has 0 fully saturated rings. The van der Waals surface area contributed by atoms with Gasteiger partial charge in [0.15, 0.2) is 0 Å². The van der Waals surface area contributed by atoms with Crippen LogP contribution in [-0.2, 0) is 6.42 Å². The van der Waals surface area contributed by atoms with E-state index in [9.17, 15) is 18.0 Å². The summed E-state index contributed by atoms with van der Waals surface area (Å²) in [6.45, 7) is 1.23. The molecular weight excluding hydrogens is 333 g/mol. The van der Waals surface area contributed by atoms with E-state index in [-0.39, 0.29) is 23.3 Å². The van der Waals surface area contributed by atoms with E-state index in [0.29, 0.717) is 6.54 Å². The number of alkyl halides is 3. The fourth-order valence-corrected chi connectivity index (χ4v) is 2.88. The molecule has 0 saturated heterocycles. The second kappa shape index (κ2) is 7.14. The number of amides is 1.